The number of nitrogens with one attached hydrogen (secondary N) is 1. The Morgan fingerprint density at radius 1 is 1.43 bits per heavy atom. The van der Waals surface area contributed by atoms with Crippen LogP contribution in [0.1, 0.15) is 29.5 Å². The van der Waals surface area contributed by atoms with Crippen LogP contribution >= 0.6 is 11.3 Å². The zero-order valence-electron chi connectivity index (χ0n) is 14.0. The molecule has 1 aliphatic rings. The van der Waals surface area contributed by atoms with Gasteiger partial charge in [-0.15, -0.1) is 11.3 Å². The zero-order valence-corrected chi connectivity index (χ0v) is 15.6. The van der Waals surface area contributed by atoms with Crippen LogP contribution < -0.4 is 10.5 Å². The Kier molecular flexibility index (Phi) is 6.05. The fraction of sp³-hybridized carbons (Fsp3) is 0.667. The molecule has 1 saturated heterocycles. The Bertz CT molecular complexity index is 659. The smallest absolute Gasteiger partial charge is 0.241 e. The Hall–Kier alpha value is -1.12. The molecule has 0 unspecified atom stereocenters. The second kappa shape index (κ2) is 7.63. The molecule has 23 heavy (non-hydrogen) atoms. The Morgan fingerprint density at radius 3 is 2.65 bits per heavy atom. The molecule has 2 rings (SSSR count). The number of thiophene rings is 1. The van der Waals surface area contributed by atoms with Gasteiger partial charge in [-0.3, -0.25) is 4.99 Å². The van der Waals surface area contributed by atoms with E-state index in [1.807, 2.05) is 13.8 Å². The van der Waals surface area contributed by atoms with Crippen molar-refractivity contribution in [1.82, 2.24) is 9.62 Å². The Balaban J connectivity index is 1.84. The van der Waals surface area contributed by atoms with Gasteiger partial charge in [0.2, 0.25) is 10.0 Å². The largest absolute Gasteiger partial charge is 0.370 e. The molecular weight excluding hydrogens is 332 g/mol. The normalized spacial score (nSPS) is 17.7. The molecule has 0 radical (unpaired) electrons. The highest BCUT2D eigenvalue weighted by molar-refractivity contribution is 7.89. The van der Waals surface area contributed by atoms with Crippen LogP contribution in [0.3, 0.4) is 0 Å². The van der Waals surface area contributed by atoms with Gasteiger partial charge in [0.05, 0.1) is 11.4 Å². The van der Waals surface area contributed by atoms with Gasteiger partial charge in [0, 0.05) is 29.4 Å². The lowest BCUT2D eigenvalue weighted by atomic mass is 10.00. The maximum atomic E-state index is 12.3. The van der Waals surface area contributed by atoms with E-state index in [9.17, 15) is 8.42 Å². The number of sulfonamides is 1. The van der Waals surface area contributed by atoms with Crippen LogP contribution in [-0.2, 0) is 10.0 Å². The van der Waals surface area contributed by atoms with Gasteiger partial charge in [-0.05, 0) is 38.7 Å². The third-order valence-electron chi connectivity index (χ3n) is 4.07. The third-order valence-corrected chi connectivity index (χ3v) is 6.75. The molecule has 0 amide bonds. The van der Waals surface area contributed by atoms with E-state index in [0.717, 1.165) is 41.6 Å². The number of nitrogens with two attached hydrogens (primary N) is 1. The van der Waals surface area contributed by atoms with Crippen molar-refractivity contribution in [3.8, 4) is 0 Å². The zero-order chi connectivity index (χ0) is 17.0. The average Bonchev–Trinajstić information content (AvgIpc) is 2.84. The second-order valence-corrected chi connectivity index (χ2v) is 9.28. The quantitative estimate of drug-likeness (QED) is 0.476. The summed E-state index contributed by atoms with van der Waals surface area (Å²) < 4.78 is 27.1. The van der Waals surface area contributed by atoms with Crippen molar-refractivity contribution in [2.24, 2.45) is 16.6 Å². The summed E-state index contributed by atoms with van der Waals surface area (Å²) >= 11 is 1.49. The van der Waals surface area contributed by atoms with Crippen LogP contribution in [0.2, 0.25) is 0 Å². The number of likely N-dealkylation sites (tertiary alicyclic amines) is 1. The van der Waals surface area contributed by atoms with E-state index < -0.39 is 10.0 Å². The summed E-state index contributed by atoms with van der Waals surface area (Å²) in [5.74, 6) is 1.25. The van der Waals surface area contributed by atoms with E-state index in [-0.39, 0.29) is 6.54 Å². The van der Waals surface area contributed by atoms with E-state index in [1.165, 1.54) is 11.3 Å². The molecule has 8 heteroatoms. The first kappa shape index (κ1) is 18.2. The summed E-state index contributed by atoms with van der Waals surface area (Å²) in [4.78, 5) is 8.52. The molecule has 0 bridgehead atoms. The number of aliphatic imine (C=N–C) groups is 1. The van der Waals surface area contributed by atoms with Gasteiger partial charge in [-0.25, -0.2) is 13.1 Å². The van der Waals surface area contributed by atoms with Gasteiger partial charge in [0.15, 0.2) is 5.96 Å². The molecular formula is C15H26N4O2S2. The van der Waals surface area contributed by atoms with E-state index in [1.54, 1.807) is 6.07 Å². The maximum absolute atomic E-state index is 12.3. The summed E-state index contributed by atoms with van der Waals surface area (Å²) in [5.41, 5.74) is 5.98. The molecule has 0 atom stereocenters. The van der Waals surface area contributed by atoms with Crippen LogP contribution in [0, 0.1) is 19.8 Å². The lowest BCUT2D eigenvalue weighted by Crippen LogP contribution is -2.42. The first-order valence-electron chi connectivity index (χ1n) is 7.91. The molecule has 3 N–H and O–H groups in total. The number of rotatable bonds is 5. The van der Waals surface area contributed by atoms with Crippen molar-refractivity contribution in [2.45, 2.75) is 38.5 Å². The lowest BCUT2D eigenvalue weighted by Gasteiger charge is -2.31. The lowest BCUT2D eigenvalue weighted by molar-refractivity contribution is 0.277. The summed E-state index contributed by atoms with van der Waals surface area (Å²) in [6, 6.07) is 1.70. The van der Waals surface area contributed by atoms with E-state index >= 15 is 0 Å². The number of guanidine groups is 1. The van der Waals surface area contributed by atoms with Crippen molar-refractivity contribution < 1.29 is 8.42 Å². The summed E-state index contributed by atoms with van der Waals surface area (Å²) in [6.45, 7) is 8.42. The average molecular weight is 359 g/mol. The summed E-state index contributed by atoms with van der Waals surface area (Å²) in [6.07, 6.45) is 2.25. The predicted octanol–water partition coefficient (Wildman–Crippen LogP) is 1.69. The third kappa shape index (κ3) is 4.92. The van der Waals surface area contributed by atoms with Crippen molar-refractivity contribution in [1.29, 1.82) is 0 Å². The first-order valence-corrected chi connectivity index (χ1v) is 10.2. The highest BCUT2D eigenvalue weighted by Crippen LogP contribution is 2.24. The Labute approximate surface area is 142 Å². The molecule has 2 heterocycles. The van der Waals surface area contributed by atoms with Crippen molar-refractivity contribution in [3.05, 3.63) is 15.8 Å². The van der Waals surface area contributed by atoms with Gasteiger partial charge in [-0.1, -0.05) is 6.92 Å². The minimum atomic E-state index is -3.46. The van der Waals surface area contributed by atoms with Crippen LogP contribution in [0.5, 0.6) is 0 Å². The number of hydrogen-bond acceptors (Lipinski definition) is 4. The molecule has 0 saturated carbocycles. The van der Waals surface area contributed by atoms with Gasteiger partial charge in [-0.2, -0.15) is 0 Å². The monoisotopic (exact) mass is 358 g/mol. The van der Waals surface area contributed by atoms with Crippen molar-refractivity contribution >= 4 is 27.3 Å². The molecule has 0 aromatic carbocycles. The summed E-state index contributed by atoms with van der Waals surface area (Å²) in [5, 5.41) is 0. The van der Waals surface area contributed by atoms with Crippen LogP contribution in [-0.4, -0.2) is 45.5 Å². The topological polar surface area (TPSA) is 87.8 Å². The minimum absolute atomic E-state index is 0.252. The molecule has 1 aromatic heterocycles. The fourth-order valence-corrected chi connectivity index (χ4v) is 5.21. The van der Waals surface area contributed by atoms with Crippen molar-refractivity contribution in [3.63, 3.8) is 0 Å². The molecule has 0 aliphatic carbocycles. The van der Waals surface area contributed by atoms with E-state index in [0.29, 0.717) is 17.4 Å². The van der Waals surface area contributed by atoms with Crippen LogP contribution in [0.15, 0.2) is 16.0 Å². The molecule has 1 aliphatic heterocycles. The number of aryl methyl sites for hydroxylation is 2. The van der Waals surface area contributed by atoms with Crippen molar-refractivity contribution in [2.75, 3.05) is 26.2 Å². The highest BCUT2D eigenvalue weighted by atomic mass is 32.2. The van der Waals surface area contributed by atoms with Gasteiger partial charge < -0.3 is 10.6 Å². The first-order chi connectivity index (χ1) is 10.8. The fourth-order valence-electron chi connectivity index (χ4n) is 2.64. The molecule has 1 fully saturated rings. The highest BCUT2D eigenvalue weighted by Gasteiger charge is 2.19. The van der Waals surface area contributed by atoms with Gasteiger partial charge >= 0.3 is 0 Å². The second-order valence-electron chi connectivity index (χ2n) is 6.08. The van der Waals surface area contributed by atoms with E-state index in [4.69, 9.17) is 5.73 Å². The van der Waals surface area contributed by atoms with Gasteiger partial charge in [0.1, 0.15) is 0 Å². The SMILES string of the molecule is Cc1cc(S(=O)(=O)NCCN=C(N)N2CCC(C)CC2)c(C)s1. The van der Waals surface area contributed by atoms with Gasteiger partial charge in [0.25, 0.3) is 0 Å². The number of nitrogens with zero attached hydrogens (tertiary/aromatic N) is 2. The van der Waals surface area contributed by atoms with Crippen LogP contribution in [0.25, 0.3) is 0 Å². The standard InChI is InChI=1S/C15H26N4O2S2/c1-11-4-8-19(9-5-11)15(16)17-6-7-18-23(20,21)14-10-12(2)22-13(14)3/h10-11,18H,4-9H2,1-3H3,(H2,16,17). The molecule has 130 valence electrons. The molecule has 6 nitrogen and oxygen atoms in total. The minimum Gasteiger partial charge on any atom is -0.370 e. The summed E-state index contributed by atoms with van der Waals surface area (Å²) in [7, 11) is -3.46. The maximum Gasteiger partial charge on any atom is 0.241 e. The van der Waals surface area contributed by atoms with Crippen LogP contribution in [0.4, 0.5) is 0 Å². The number of hydrogen-bond donors (Lipinski definition) is 2. The Morgan fingerprint density at radius 2 is 2.09 bits per heavy atom. The predicted molar refractivity (Wildman–Crippen MR) is 95.4 cm³/mol. The number of piperidine rings is 1. The molecule has 1 aromatic rings. The van der Waals surface area contributed by atoms with E-state index in [2.05, 4.69) is 21.5 Å². The molecule has 0 spiro atoms.